The molecule has 0 spiro atoms. The lowest BCUT2D eigenvalue weighted by Crippen LogP contribution is -2.26. The summed E-state index contributed by atoms with van der Waals surface area (Å²) in [6, 6.07) is 10.8. The Morgan fingerprint density at radius 2 is 2.04 bits per heavy atom. The van der Waals surface area contributed by atoms with Crippen LogP contribution in [0.4, 0.5) is 5.82 Å². The average molecular weight is 338 g/mol. The lowest BCUT2D eigenvalue weighted by atomic mass is 10.1. The third-order valence-corrected chi connectivity index (χ3v) is 3.50. The second-order valence-electron chi connectivity index (χ2n) is 5.25. The molecule has 0 aliphatic rings. The summed E-state index contributed by atoms with van der Waals surface area (Å²) in [5.74, 6) is 1.14. The number of aromatic nitrogens is 2. The lowest BCUT2D eigenvalue weighted by Gasteiger charge is -2.10. The number of benzene rings is 1. The third-order valence-electron chi connectivity index (χ3n) is 3.50. The number of carbonyl (C=O) groups excluding carboxylic acids is 1. The van der Waals surface area contributed by atoms with Crippen LogP contribution in [-0.2, 0) is 6.54 Å². The van der Waals surface area contributed by atoms with Gasteiger partial charge in [0.2, 0.25) is 0 Å². The smallest absolute Gasteiger partial charge is 0.251 e. The van der Waals surface area contributed by atoms with Crippen molar-refractivity contribution < 1.29 is 14.3 Å². The third kappa shape index (κ3) is 4.21. The number of anilines is 1. The van der Waals surface area contributed by atoms with Crippen LogP contribution in [0.3, 0.4) is 0 Å². The summed E-state index contributed by atoms with van der Waals surface area (Å²) in [4.78, 5) is 20.8. The van der Waals surface area contributed by atoms with Crippen molar-refractivity contribution in [3.05, 3.63) is 66.4 Å². The van der Waals surface area contributed by atoms with Crippen LogP contribution in [0, 0.1) is 0 Å². The molecule has 128 valence electrons. The molecule has 1 amide bonds. The molecule has 1 aromatic carbocycles. The minimum atomic E-state index is -0.245. The summed E-state index contributed by atoms with van der Waals surface area (Å²) in [5.41, 5.74) is 1.91. The number of amides is 1. The molecule has 0 fully saturated rings. The van der Waals surface area contributed by atoms with Gasteiger partial charge in [-0.15, -0.1) is 0 Å². The van der Waals surface area contributed by atoms with E-state index in [0.717, 1.165) is 11.3 Å². The van der Waals surface area contributed by atoms with Gasteiger partial charge in [-0.1, -0.05) is 12.1 Å². The Kier molecular flexibility index (Phi) is 5.38. The normalized spacial score (nSPS) is 10.4. The average Bonchev–Trinajstić information content (AvgIpc) is 3.18. The molecule has 2 heterocycles. The Morgan fingerprint density at radius 1 is 1.16 bits per heavy atom. The number of rotatable bonds is 7. The fraction of sp³-hybridized carbons (Fsp3) is 0.167. The first kappa shape index (κ1) is 16.7. The van der Waals surface area contributed by atoms with E-state index in [1.165, 1.54) is 0 Å². The van der Waals surface area contributed by atoms with Gasteiger partial charge in [-0.25, -0.2) is 4.98 Å². The predicted octanol–water partition coefficient (Wildman–Crippen LogP) is 2.07. The fourth-order valence-electron chi connectivity index (χ4n) is 2.34. The zero-order valence-electron chi connectivity index (χ0n) is 13.5. The van der Waals surface area contributed by atoms with E-state index in [2.05, 4.69) is 20.6 Å². The molecule has 3 aromatic rings. The first-order valence-electron chi connectivity index (χ1n) is 7.84. The van der Waals surface area contributed by atoms with E-state index in [4.69, 9.17) is 9.52 Å². The zero-order valence-corrected chi connectivity index (χ0v) is 13.5. The topological polar surface area (TPSA) is 100 Å². The maximum atomic E-state index is 12.1. The maximum Gasteiger partial charge on any atom is 0.251 e. The van der Waals surface area contributed by atoms with E-state index >= 15 is 0 Å². The Bertz CT molecular complexity index is 834. The van der Waals surface area contributed by atoms with Crippen molar-refractivity contribution in [2.24, 2.45) is 0 Å². The second-order valence-corrected chi connectivity index (χ2v) is 5.25. The first-order valence-corrected chi connectivity index (χ1v) is 7.84. The first-order chi connectivity index (χ1) is 12.3. The number of aliphatic hydroxyl groups is 1. The van der Waals surface area contributed by atoms with Gasteiger partial charge >= 0.3 is 0 Å². The molecule has 7 nitrogen and oxygen atoms in total. The van der Waals surface area contributed by atoms with Crippen LogP contribution in [0.5, 0.6) is 0 Å². The highest BCUT2D eigenvalue weighted by Gasteiger charge is 2.11. The van der Waals surface area contributed by atoms with Crippen molar-refractivity contribution in [2.45, 2.75) is 6.54 Å². The van der Waals surface area contributed by atoms with E-state index in [1.54, 1.807) is 36.9 Å². The standard InChI is InChI=1S/C18H18N4O3/c23-9-8-21-18(24)14-4-1-3-13(11-14)16-17(20-7-6-19-16)22-12-15-5-2-10-25-15/h1-7,10-11,23H,8-9,12H2,(H,20,22)(H,21,24). The van der Waals surface area contributed by atoms with Crippen molar-refractivity contribution in [2.75, 3.05) is 18.5 Å². The molecule has 0 saturated carbocycles. The summed E-state index contributed by atoms with van der Waals surface area (Å²) in [7, 11) is 0. The molecule has 2 aromatic heterocycles. The number of furan rings is 1. The van der Waals surface area contributed by atoms with E-state index in [9.17, 15) is 4.79 Å². The Hall–Kier alpha value is -3.19. The predicted molar refractivity (Wildman–Crippen MR) is 92.9 cm³/mol. The van der Waals surface area contributed by atoms with Crippen LogP contribution in [0.25, 0.3) is 11.3 Å². The molecular weight excluding hydrogens is 320 g/mol. The summed E-state index contributed by atoms with van der Waals surface area (Å²) in [6.07, 6.45) is 4.82. The molecule has 3 N–H and O–H groups in total. The molecule has 0 aliphatic carbocycles. The maximum absolute atomic E-state index is 12.1. The van der Waals surface area contributed by atoms with Crippen molar-refractivity contribution in [3.63, 3.8) is 0 Å². The molecule has 25 heavy (non-hydrogen) atoms. The second kappa shape index (κ2) is 8.07. The van der Waals surface area contributed by atoms with Crippen LogP contribution in [0.2, 0.25) is 0 Å². The SMILES string of the molecule is O=C(NCCO)c1cccc(-c2nccnc2NCc2ccco2)c1. The summed E-state index contributed by atoms with van der Waals surface area (Å²) in [6.45, 7) is 0.593. The molecule has 0 bridgehead atoms. The largest absolute Gasteiger partial charge is 0.467 e. The van der Waals surface area contributed by atoms with Gasteiger partial charge in [0.05, 0.1) is 19.4 Å². The van der Waals surface area contributed by atoms with E-state index in [-0.39, 0.29) is 19.1 Å². The van der Waals surface area contributed by atoms with Gasteiger partial charge in [0, 0.05) is 30.1 Å². The molecule has 0 atom stereocenters. The van der Waals surface area contributed by atoms with Crippen LogP contribution in [0.15, 0.2) is 59.5 Å². The van der Waals surface area contributed by atoms with Gasteiger partial charge in [-0.3, -0.25) is 9.78 Å². The van der Waals surface area contributed by atoms with Crippen LogP contribution >= 0.6 is 0 Å². The van der Waals surface area contributed by atoms with Crippen molar-refractivity contribution in [1.82, 2.24) is 15.3 Å². The monoisotopic (exact) mass is 338 g/mol. The molecule has 3 rings (SSSR count). The van der Waals surface area contributed by atoms with Gasteiger partial charge in [0.25, 0.3) is 5.91 Å². The Balaban J connectivity index is 1.82. The van der Waals surface area contributed by atoms with Crippen molar-refractivity contribution >= 4 is 11.7 Å². The van der Waals surface area contributed by atoms with Gasteiger partial charge in [-0.05, 0) is 24.3 Å². The minimum Gasteiger partial charge on any atom is -0.467 e. The van der Waals surface area contributed by atoms with E-state index < -0.39 is 0 Å². The molecule has 7 heteroatoms. The number of hydrogen-bond acceptors (Lipinski definition) is 6. The number of hydrogen-bond donors (Lipinski definition) is 3. The lowest BCUT2D eigenvalue weighted by molar-refractivity contribution is 0.0945. The zero-order chi connectivity index (χ0) is 17.5. The quantitative estimate of drug-likeness (QED) is 0.610. The van der Waals surface area contributed by atoms with Crippen LogP contribution in [0.1, 0.15) is 16.1 Å². The number of aliphatic hydroxyl groups excluding tert-OH is 1. The molecule has 0 saturated heterocycles. The highest BCUT2D eigenvalue weighted by Crippen LogP contribution is 2.24. The molecule has 0 aliphatic heterocycles. The number of nitrogens with one attached hydrogen (secondary N) is 2. The van der Waals surface area contributed by atoms with E-state index in [0.29, 0.717) is 23.6 Å². The van der Waals surface area contributed by atoms with E-state index in [1.807, 2.05) is 18.2 Å². The Labute approximate surface area is 144 Å². The summed E-state index contributed by atoms with van der Waals surface area (Å²) >= 11 is 0. The van der Waals surface area contributed by atoms with Crippen LogP contribution < -0.4 is 10.6 Å². The van der Waals surface area contributed by atoms with Gasteiger partial charge in [0.15, 0.2) is 5.82 Å². The minimum absolute atomic E-state index is 0.101. The molecule has 0 unspecified atom stereocenters. The molecular formula is C18H18N4O3. The van der Waals surface area contributed by atoms with Gasteiger partial charge in [-0.2, -0.15) is 0 Å². The van der Waals surface area contributed by atoms with Crippen LogP contribution in [-0.4, -0.2) is 34.1 Å². The summed E-state index contributed by atoms with van der Waals surface area (Å²) < 4.78 is 5.30. The Morgan fingerprint density at radius 3 is 2.84 bits per heavy atom. The summed E-state index contributed by atoms with van der Waals surface area (Å²) in [5, 5.41) is 14.6. The van der Waals surface area contributed by atoms with Crippen molar-refractivity contribution in [3.8, 4) is 11.3 Å². The number of nitrogens with zero attached hydrogens (tertiary/aromatic N) is 2. The highest BCUT2D eigenvalue weighted by molar-refractivity contribution is 5.95. The van der Waals surface area contributed by atoms with Crippen molar-refractivity contribution in [1.29, 1.82) is 0 Å². The molecule has 0 radical (unpaired) electrons. The highest BCUT2D eigenvalue weighted by atomic mass is 16.3. The van der Waals surface area contributed by atoms with Gasteiger partial charge < -0.3 is 20.2 Å². The van der Waals surface area contributed by atoms with Gasteiger partial charge in [0.1, 0.15) is 11.5 Å². The fourth-order valence-corrected chi connectivity index (χ4v) is 2.34. The number of carbonyl (C=O) groups is 1.